The zero-order valence-corrected chi connectivity index (χ0v) is 14.8. The van der Waals surface area contributed by atoms with Gasteiger partial charge in [-0.1, -0.05) is 54.6 Å². The Morgan fingerprint density at radius 2 is 1.81 bits per heavy atom. The molecule has 5 heteroatoms. The maximum atomic E-state index is 5.06. The van der Waals surface area contributed by atoms with E-state index in [1.165, 1.54) is 12.8 Å². The second-order valence-electron chi connectivity index (χ2n) is 7.19. The van der Waals surface area contributed by atoms with Crippen LogP contribution in [0.1, 0.15) is 19.8 Å². The number of hydrogen-bond donors (Lipinski definition) is 0. The Kier molecular flexibility index (Phi) is 3.59. The van der Waals surface area contributed by atoms with Crippen LogP contribution in [0.25, 0.3) is 27.8 Å². The molecule has 1 aliphatic heterocycles. The minimum atomic E-state index is 0.692. The largest absolute Gasteiger partial charge is 0.356 e. The van der Waals surface area contributed by atoms with E-state index in [-0.39, 0.29) is 0 Å². The number of nitrogens with zero attached hydrogens (tertiary/aromatic N) is 5. The monoisotopic (exact) mass is 343 g/mol. The van der Waals surface area contributed by atoms with Crippen LogP contribution < -0.4 is 4.90 Å². The molecule has 0 spiro atoms. The van der Waals surface area contributed by atoms with E-state index in [2.05, 4.69) is 52.5 Å². The fraction of sp³-hybridized carbons (Fsp3) is 0.286. The van der Waals surface area contributed by atoms with Crippen LogP contribution in [-0.4, -0.2) is 32.9 Å². The van der Waals surface area contributed by atoms with Crippen molar-refractivity contribution < 1.29 is 0 Å². The molecule has 3 heterocycles. The molecule has 4 aromatic rings. The predicted octanol–water partition coefficient (Wildman–Crippen LogP) is 4.18. The molecule has 0 unspecified atom stereocenters. The predicted molar refractivity (Wildman–Crippen MR) is 104 cm³/mol. The molecule has 0 bridgehead atoms. The van der Waals surface area contributed by atoms with Gasteiger partial charge in [-0.2, -0.15) is 4.52 Å². The van der Waals surface area contributed by atoms with Crippen LogP contribution in [0.4, 0.5) is 5.82 Å². The molecule has 2 aromatic heterocycles. The van der Waals surface area contributed by atoms with E-state index >= 15 is 0 Å². The quantitative estimate of drug-likeness (QED) is 0.548. The lowest BCUT2D eigenvalue weighted by Gasteiger charge is -2.32. The third-order valence-corrected chi connectivity index (χ3v) is 5.24. The Balaban J connectivity index is 1.77. The van der Waals surface area contributed by atoms with Crippen molar-refractivity contribution in [1.29, 1.82) is 0 Å². The highest BCUT2D eigenvalue weighted by atomic mass is 15.4. The average Bonchev–Trinajstić information content (AvgIpc) is 3.12. The van der Waals surface area contributed by atoms with Gasteiger partial charge in [0.25, 0.3) is 0 Å². The van der Waals surface area contributed by atoms with Crippen molar-refractivity contribution in [3.63, 3.8) is 0 Å². The molecule has 0 amide bonds. The first kappa shape index (κ1) is 15.3. The number of aromatic nitrogens is 4. The minimum Gasteiger partial charge on any atom is -0.356 e. The van der Waals surface area contributed by atoms with Crippen molar-refractivity contribution in [1.82, 2.24) is 19.8 Å². The second-order valence-corrected chi connectivity index (χ2v) is 7.19. The number of para-hydroxylation sites is 1. The molecule has 0 saturated carbocycles. The van der Waals surface area contributed by atoms with E-state index in [1.54, 1.807) is 0 Å². The molecule has 5 nitrogen and oxygen atoms in total. The van der Waals surface area contributed by atoms with Crippen LogP contribution >= 0.6 is 0 Å². The summed E-state index contributed by atoms with van der Waals surface area (Å²) in [5.41, 5.74) is 3.76. The zero-order valence-electron chi connectivity index (χ0n) is 14.8. The van der Waals surface area contributed by atoms with Gasteiger partial charge < -0.3 is 4.90 Å². The summed E-state index contributed by atoms with van der Waals surface area (Å²) in [6, 6.07) is 18.5. The number of piperidine rings is 1. The summed E-state index contributed by atoms with van der Waals surface area (Å²) in [4.78, 5) is 7.49. The Morgan fingerprint density at radius 1 is 1.00 bits per heavy atom. The molecule has 0 N–H and O–H groups in total. The Morgan fingerprint density at radius 3 is 2.65 bits per heavy atom. The van der Waals surface area contributed by atoms with E-state index in [0.717, 1.165) is 46.7 Å². The van der Waals surface area contributed by atoms with Gasteiger partial charge in [0.1, 0.15) is 11.5 Å². The van der Waals surface area contributed by atoms with Gasteiger partial charge in [-0.05, 0) is 30.9 Å². The molecule has 2 aromatic carbocycles. The Labute approximate surface area is 152 Å². The third kappa shape index (κ3) is 2.43. The van der Waals surface area contributed by atoms with Gasteiger partial charge in [-0.15, -0.1) is 5.10 Å². The normalized spacial score (nSPS) is 17.9. The summed E-state index contributed by atoms with van der Waals surface area (Å²) in [7, 11) is 0. The number of rotatable bonds is 2. The highest BCUT2D eigenvalue weighted by molar-refractivity contribution is 5.93. The van der Waals surface area contributed by atoms with Gasteiger partial charge in [0, 0.05) is 24.0 Å². The Hall–Kier alpha value is -2.95. The number of fused-ring (bicyclic) bond motifs is 3. The molecule has 0 aliphatic carbocycles. The maximum absolute atomic E-state index is 5.06. The van der Waals surface area contributed by atoms with Gasteiger partial charge in [-0.3, -0.25) is 0 Å². The zero-order chi connectivity index (χ0) is 17.5. The molecule has 1 saturated heterocycles. The lowest BCUT2D eigenvalue weighted by molar-refractivity contribution is 0.445. The van der Waals surface area contributed by atoms with E-state index in [0.29, 0.717) is 5.92 Å². The molecule has 0 radical (unpaired) electrons. The topological polar surface area (TPSA) is 46.3 Å². The van der Waals surface area contributed by atoms with Gasteiger partial charge in [0.2, 0.25) is 0 Å². The van der Waals surface area contributed by atoms with E-state index in [9.17, 15) is 0 Å². The fourth-order valence-corrected chi connectivity index (χ4v) is 3.95. The molecule has 1 atom stereocenters. The first-order valence-corrected chi connectivity index (χ1v) is 9.26. The first-order chi connectivity index (χ1) is 12.8. The first-order valence-electron chi connectivity index (χ1n) is 9.26. The fourth-order valence-electron chi connectivity index (χ4n) is 3.95. The summed E-state index contributed by atoms with van der Waals surface area (Å²) in [5, 5.41) is 10.00. The van der Waals surface area contributed by atoms with Crippen LogP contribution in [0.15, 0.2) is 54.6 Å². The molecule has 1 aliphatic rings. The second kappa shape index (κ2) is 6.09. The third-order valence-electron chi connectivity index (χ3n) is 5.24. The van der Waals surface area contributed by atoms with Gasteiger partial charge >= 0.3 is 0 Å². The minimum absolute atomic E-state index is 0.692. The van der Waals surface area contributed by atoms with Crippen molar-refractivity contribution in [3.8, 4) is 11.3 Å². The van der Waals surface area contributed by atoms with Gasteiger partial charge in [0.15, 0.2) is 5.65 Å². The van der Waals surface area contributed by atoms with Crippen molar-refractivity contribution in [2.75, 3.05) is 18.0 Å². The van der Waals surface area contributed by atoms with Gasteiger partial charge in [0.05, 0.1) is 5.52 Å². The maximum Gasteiger partial charge on any atom is 0.186 e. The van der Waals surface area contributed by atoms with E-state index in [1.807, 2.05) is 28.8 Å². The molecular formula is C21H21N5. The standard InChI is InChI=1S/C21H21N5/c1-15-8-7-13-25(14-15)20-17-11-5-6-12-18(17)26-21(22-20)19(23-24-26)16-9-3-2-4-10-16/h2-6,9-12,15H,7-8,13-14H2,1H3/t15-/m0/s1. The summed E-state index contributed by atoms with van der Waals surface area (Å²) >= 11 is 0. The molecular weight excluding hydrogens is 322 g/mol. The highest BCUT2D eigenvalue weighted by Gasteiger charge is 2.22. The van der Waals surface area contributed by atoms with E-state index in [4.69, 9.17) is 4.98 Å². The van der Waals surface area contributed by atoms with Crippen molar-refractivity contribution in [2.45, 2.75) is 19.8 Å². The summed E-state index contributed by atoms with van der Waals surface area (Å²) in [6.45, 7) is 4.43. The van der Waals surface area contributed by atoms with Crippen LogP contribution in [0, 0.1) is 5.92 Å². The Bertz CT molecular complexity index is 1070. The molecule has 26 heavy (non-hydrogen) atoms. The van der Waals surface area contributed by atoms with Crippen molar-refractivity contribution >= 4 is 22.4 Å². The van der Waals surface area contributed by atoms with Gasteiger partial charge in [-0.25, -0.2) is 4.98 Å². The lowest BCUT2D eigenvalue weighted by Crippen LogP contribution is -2.35. The summed E-state index contributed by atoms with van der Waals surface area (Å²) in [6.07, 6.45) is 2.51. The van der Waals surface area contributed by atoms with Crippen LogP contribution in [0.2, 0.25) is 0 Å². The number of benzene rings is 2. The van der Waals surface area contributed by atoms with Crippen LogP contribution in [0.5, 0.6) is 0 Å². The van der Waals surface area contributed by atoms with Crippen molar-refractivity contribution in [3.05, 3.63) is 54.6 Å². The molecule has 5 rings (SSSR count). The lowest BCUT2D eigenvalue weighted by atomic mass is 10.00. The van der Waals surface area contributed by atoms with Crippen LogP contribution in [0.3, 0.4) is 0 Å². The smallest absolute Gasteiger partial charge is 0.186 e. The SMILES string of the molecule is C[C@H]1CCCN(c2nc3c(-c4ccccc4)nnn3c3ccccc23)C1. The molecule has 130 valence electrons. The number of anilines is 1. The summed E-state index contributed by atoms with van der Waals surface area (Å²) in [5.74, 6) is 1.75. The average molecular weight is 343 g/mol. The number of hydrogen-bond acceptors (Lipinski definition) is 4. The molecule has 1 fully saturated rings. The highest BCUT2D eigenvalue weighted by Crippen LogP contribution is 2.31. The van der Waals surface area contributed by atoms with Crippen molar-refractivity contribution in [2.24, 2.45) is 5.92 Å². The summed E-state index contributed by atoms with van der Waals surface area (Å²) < 4.78 is 1.87. The van der Waals surface area contributed by atoms with Crippen LogP contribution in [-0.2, 0) is 0 Å². The van der Waals surface area contributed by atoms with E-state index < -0.39 is 0 Å².